The zero-order chi connectivity index (χ0) is 48.0. The lowest BCUT2D eigenvalue weighted by Gasteiger charge is -2.33. The van der Waals surface area contributed by atoms with Crippen molar-refractivity contribution in [2.45, 2.75) is 96.3 Å². The number of para-hydroxylation sites is 5. The van der Waals surface area contributed by atoms with Crippen molar-refractivity contribution >= 4 is 61.1 Å². The third-order valence-electron chi connectivity index (χ3n) is 15.7. The molecule has 0 unspecified atom stereocenters. The smallest absolute Gasteiger partial charge is 0.162 e. The fourth-order valence-corrected chi connectivity index (χ4v) is 12.3. The average molecular weight is 932 g/mol. The predicted octanol–water partition coefficient (Wildman–Crippen LogP) is 17.8. The first-order chi connectivity index (χ1) is 35.0. The first-order valence-electron chi connectivity index (χ1n) is 25.9. The maximum Gasteiger partial charge on any atom is 0.162 e. The number of hydrogen-bond acceptors (Lipinski definition) is 6. The molecule has 3 N–H and O–H groups in total. The minimum Gasteiger partial charge on any atom is -0.507 e. The van der Waals surface area contributed by atoms with Gasteiger partial charge < -0.3 is 29.8 Å². The van der Waals surface area contributed by atoms with Crippen molar-refractivity contribution in [2.75, 3.05) is 9.80 Å². The number of phenolic OH excluding ortho intramolecular Hbond substituents is 1. The molecule has 1 aliphatic heterocycles. The van der Waals surface area contributed by atoms with E-state index < -0.39 is 0 Å². The summed E-state index contributed by atoms with van der Waals surface area (Å²) in [6.45, 7) is 4.36. The number of furan rings is 1. The fraction of sp³-hybridized carbons (Fsp3) is 0.231. The lowest BCUT2D eigenvalue weighted by Crippen LogP contribution is -2.21. The minimum atomic E-state index is 0.369. The number of benzene rings is 8. The Bertz CT molecular complexity index is 3530. The number of ether oxygens (including phenoxy) is 1. The summed E-state index contributed by atoms with van der Waals surface area (Å²) >= 11 is 0. The number of phenols is 1. The number of nitrogens with zero attached hydrogens (tertiary/aromatic N) is 2. The van der Waals surface area contributed by atoms with E-state index in [1.54, 1.807) is 6.20 Å². The minimum absolute atomic E-state index is 0.369. The number of allylic oxidation sites excluding steroid dienone is 2. The highest BCUT2D eigenvalue weighted by Crippen LogP contribution is 2.55. The highest BCUT2D eigenvalue weighted by molar-refractivity contribution is 6.28. The van der Waals surface area contributed by atoms with Crippen LogP contribution in [0.25, 0.3) is 43.8 Å². The van der Waals surface area contributed by atoms with Crippen LogP contribution in [0.5, 0.6) is 11.5 Å². The molecule has 6 nitrogen and oxygen atoms in total. The summed E-state index contributed by atoms with van der Waals surface area (Å²) in [5.74, 6) is 3.10. The van der Waals surface area contributed by atoms with E-state index in [4.69, 9.17) is 14.9 Å². The number of hydrogen-bond donors (Lipinski definition) is 2. The van der Waals surface area contributed by atoms with E-state index in [1.807, 2.05) is 6.08 Å². The van der Waals surface area contributed by atoms with Crippen molar-refractivity contribution in [2.24, 2.45) is 5.73 Å². The molecule has 6 heteroatoms. The van der Waals surface area contributed by atoms with Crippen molar-refractivity contribution in [3.8, 4) is 22.6 Å². The summed E-state index contributed by atoms with van der Waals surface area (Å²) in [6, 6.07) is 56.1. The Morgan fingerprint density at radius 2 is 1.21 bits per heavy atom. The van der Waals surface area contributed by atoms with Gasteiger partial charge in [-0.25, -0.2) is 0 Å². The van der Waals surface area contributed by atoms with Gasteiger partial charge in [0.15, 0.2) is 5.58 Å². The van der Waals surface area contributed by atoms with E-state index in [9.17, 15) is 5.11 Å². The lowest BCUT2D eigenvalue weighted by molar-refractivity contribution is 0.405. The van der Waals surface area contributed by atoms with E-state index in [0.717, 1.165) is 119 Å². The van der Waals surface area contributed by atoms with Crippen molar-refractivity contribution in [1.82, 2.24) is 0 Å². The second kappa shape index (κ2) is 18.9. The lowest BCUT2D eigenvalue weighted by atomic mass is 9.82. The number of anilines is 5. The van der Waals surface area contributed by atoms with Crippen LogP contribution in [0.15, 0.2) is 186 Å². The third kappa shape index (κ3) is 7.90. The van der Waals surface area contributed by atoms with Crippen LogP contribution in [0.3, 0.4) is 0 Å². The molecule has 9 aromatic rings. The van der Waals surface area contributed by atoms with Gasteiger partial charge in [0.25, 0.3) is 0 Å². The van der Waals surface area contributed by atoms with E-state index in [-0.39, 0.29) is 0 Å². The first-order valence-corrected chi connectivity index (χ1v) is 25.9. The van der Waals surface area contributed by atoms with Crippen LogP contribution in [0.4, 0.5) is 28.4 Å². The molecule has 3 aliphatic rings. The molecule has 12 rings (SSSR count). The van der Waals surface area contributed by atoms with Crippen LogP contribution >= 0.6 is 0 Å². The quantitative estimate of drug-likeness (QED) is 0.133. The molecule has 8 aromatic carbocycles. The number of rotatable bonds is 10. The van der Waals surface area contributed by atoms with E-state index in [2.05, 4.69) is 181 Å². The Hall–Kier alpha value is -7.70. The Morgan fingerprint density at radius 1 is 0.606 bits per heavy atom. The van der Waals surface area contributed by atoms with Gasteiger partial charge in [-0.05, 0) is 122 Å². The number of fused-ring (bicyclic) bond motifs is 5. The molecule has 0 bridgehead atoms. The Morgan fingerprint density at radius 3 is 1.93 bits per heavy atom. The van der Waals surface area contributed by atoms with Gasteiger partial charge in [0.1, 0.15) is 22.8 Å². The topological polar surface area (TPSA) is 75.1 Å². The zero-order valence-electron chi connectivity index (χ0n) is 40.8. The number of nitrogens with two attached hydrogens (primary N) is 1. The van der Waals surface area contributed by atoms with E-state index in [0.29, 0.717) is 24.0 Å². The Balaban J connectivity index is 1.13. The van der Waals surface area contributed by atoms with Crippen molar-refractivity contribution in [3.05, 3.63) is 209 Å². The van der Waals surface area contributed by atoms with Crippen LogP contribution < -0.4 is 20.3 Å². The maximum atomic E-state index is 12.1. The molecule has 71 heavy (non-hydrogen) atoms. The van der Waals surface area contributed by atoms with Crippen LogP contribution in [0.1, 0.15) is 104 Å². The Labute approximate surface area is 417 Å². The molecule has 1 aromatic heterocycles. The van der Waals surface area contributed by atoms with Gasteiger partial charge in [0, 0.05) is 50.8 Å². The molecular formula is C65H61N3O3. The van der Waals surface area contributed by atoms with Crippen LogP contribution in [0.2, 0.25) is 0 Å². The summed E-state index contributed by atoms with van der Waals surface area (Å²) in [6.07, 6.45) is 16.3. The summed E-state index contributed by atoms with van der Waals surface area (Å²) in [4.78, 5) is 4.76. The van der Waals surface area contributed by atoms with Gasteiger partial charge in [-0.1, -0.05) is 166 Å². The monoisotopic (exact) mass is 931 g/mol. The average Bonchev–Trinajstić information content (AvgIpc) is 4.03. The largest absolute Gasteiger partial charge is 0.507 e. The molecule has 2 fully saturated rings. The van der Waals surface area contributed by atoms with Crippen LogP contribution in [0, 0.1) is 13.8 Å². The molecule has 0 radical (unpaired) electrons. The Kier molecular flexibility index (Phi) is 11.8. The highest BCUT2D eigenvalue weighted by atomic mass is 16.5. The molecule has 2 saturated carbocycles. The highest BCUT2D eigenvalue weighted by Gasteiger charge is 2.34. The van der Waals surface area contributed by atoms with Gasteiger partial charge in [-0.2, -0.15) is 0 Å². The fourth-order valence-electron chi connectivity index (χ4n) is 12.3. The molecule has 354 valence electrons. The van der Waals surface area contributed by atoms with Gasteiger partial charge in [0.05, 0.1) is 22.5 Å². The number of aryl methyl sites for hydroxylation is 2. The van der Waals surface area contributed by atoms with Gasteiger partial charge in [-0.15, -0.1) is 0 Å². The summed E-state index contributed by atoms with van der Waals surface area (Å²) in [7, 11) is 0. The van der Waals surface area contributed by atoms with E-state index >= 15 is 0 Å². The third-order valence-corrected chi connectivity index (χ3v) is 15.7. The molecule has 0 spiro atoms. The molecule has 0 atom stereocenters. The van der Waals surface area contributed by atoms with Crippen LogP contribution in [-0.2, 0) is 6.42 Å². The second-order valence-electron chi connectivity index (χ2n) is 20.0. The summed E-state index contributed by atoms with van der Waals surface area (Å²) < 4.78 is 14.6. The van der Waals surface area contributed by atoms with E-state index in [1.165, 1.54) is 62.5 Å². The van der Waals surface area contributed by atoms with Crippen molar-refractivity contribution in [3.63, 3.8) is 0 Å². The van der Waals surface area contributed by atoms with Gasteiger partial charge in [0.2, 0.25) is 0 Å². The molecular weight excluding hydrogens is 871 g/mol. The SMILES string of the molecule is Cc1ccccc1N(C(/C=C\N)=C1/Cc2cccc(C3CCCCC3)c2O1)c1c2ccccc2c(N(c2cccc(-c3cccc(C4CCCCC4)c3O)c2)c2ccccc2C)c2c1oc1ccccc12. The van der Waals surface area contributed by atoms with Crippen molar-refractivity contribution < 1.29 is 14.3 Å². The zero-order valence-corrected chi connectivity index (χ0v) is 40.8. The standard InChI is InChI=1S/C65H61N3O3/c1-42-20-9-14-35-55(42)67(48-28-17-26-46(40-48)50-33-19-32-49(63(50)69)44-22-5-3-6-23-44)61-52-29-11-12-30-53(52)62(65-60(61)54-31-13-16-37-58(54)70-65)68(56-36-15-10-21-43(56)2)57(38-39-66)59-41-47-27-18-34-51(64(47)71-59)45-24-7-4-8-25-45/h9-21,26-40,44-45,69H,3-8,22-25,41,66H2,1-2H3/b39-38-,59-57-. The van der Waals surface area contributed by atoms with Crippen molar-refractivity contribution in [1.29, 1.82) is 0 Å². The maximum absolute atomic E-state index is 12.1. The van der Waals surface area contributed by atoms with Gasteiger partial charge >= 0.3 is 0 Å². The normalized spacial score (nSPS) is 16.2. The number of aromatic hydroxyl groups is 1. The van der Waals surface area contributed by atoms with Gasteiger partial charge in [-0.3, -0.25) is 0 Å². The summed E-state index contributed by atoms with van der Waals surface area (Å²) in [5, 5.41) is 16.1. The molecule has 2 heterocycles. The summed E-state index contributed by atoms with van der Waals surface area (Å²) in [5.41, 5.74) is 21.5. The molecule has 2 aliphatic carbocycles. The van der Waals surface area contributed by atoms with Crippen LogP contribution in [-0.4, -0.2) is 5.11 Å². The first kappa shape index (κ1) is 44.5. The molecule has 0 saturated heterocycles. The predicted molar refractivity (Wildman–Crippen MR) is 294 cm³/mol. The second-order valence-corrected chi connectivity index (χ2v) is 20.0. The molecule has 0 amide bonds.